The third-order valence-corrected chi connectivity index (χ3v) is 3.14. The maximum atomic E-state index is 13.3. The van der Waals surface area contributed by atoms with Gasteiger partial charge in [0.1, 0.15) is 16.5 Å². The monoisotopic (exact) mass is 297 g/mol. The molecule has 2 N–H and O–H groups in total. The lowest BCUT2D eigenvalue weighted by Crippen LogP contribution is -2.14. The molecule has 1 aromatic carbocycles. The van der Waals surface area contributed by atoms with Crippen LogP contribution in [0.1, 0.15) is 6.92 Å². The Balaban J connectivity index is 3.32. The van der Waals surface area contributed by atoms with Gasteiger partial charge in [0, 0.05) is 6.07 Å². The normalized spacial score (nSPS) is 11.5. The van der Waals surface area contributed by atoms with Crippen LogP contribution in [0.2, 0.25) is 0 Å². The molecule has 0 radical (unpaired) electrons. The summed E-state index contributed by atoms with van der Waals surface area (Å²) in [6.07, 6.45) is 0. The zero-order chi connectivity index (χ0) is 11.6. The number of halogens is 2. The molecule has 0 unspecified atom stereocenters. The highest BCUT2D eigenvalue weighted by atomic mass is 79.9. The van der Waals surface area contributed by atoms with Crippen LogP contribution in [-0.4, -0.2) is 15.0 Å². The molecule has 0 bridgehead atoms. The van der Waals surface area contributed by atoms with E-state index in [1.807, 2.05) is 0 Å². The number of hydrogen-bond donors (Lipinski definition) is 1. The van der Waals surface area contributed by atoms with E-state index in [2.05, 4.69) is 15.9 Å². The Hall–Kier alpha value is -0.660. The van der Waals surface area contributed by atoms with E-state index in [9.17, 15) is 12.8 Å². The van der Waals surface area contributed by atoms with E-state index in [4.69, 9.17) is 9.88 Å². The van der Waals surface area contributed by atoms with Gasteiger partial charge in [-0.3, -0.25) is 0 Å². The SMILES string of the molecule is CCOc1cc(F)c(S(N)(=O)=O)cc1Br. The third-order valence-electron chi connectivity index (χ3n) is 1.59. The number of rotatable bonds is 3. The molecule has 0 aliphatic rings. The van der Waals surface area contributed by atoms with Crippen molar-refractivity contribution in [3.8, 4) is 5.75 Å². The van der Waals surface area contributed by atoms with Crippen LogP contribution in [0.3, 0.4) is 0 Å². The van der Waals surface area contributed by atoms with Crippen molar-refractivity contribution in [2.24, 2.45) is 5.14 Å². The smallest absolute Gasteiger partial charge is 0.241 e. The Labute approximate surface area is 95.4 Å². The van der Waals surface area contributed by atoms with Crippen LogP contribution in [0.25, 0.3) is 0 Å². The van der Waals surface area contributed by atoms with E-state index in [1.165, 1.54) is 0 Å². The van der Waals surface area contributed by atoms with Gasteiger partial charge in [-0.05, 0) is 28.9 Å². The molecule has 7 heteroatoms. The molecule has 84 valence electrons. The number of hydrogen-bond acceptors (Lipinski definition) is 3. The fourth-order valence-corrected chi connectivity index (χ4v) is 2.22. The van der Waals surface area contributed by atoms with Crippen molar-refractivity contribution in [2.45, 2.75) is 11.8 Å². The Morgan fingerprint density at radius 2 is 2.13 bits per heavy atom. The van der Waals surface area contributed by atoms with Crippen molar-refractivity contribution in [3.63, 3.8) is 0 Å². The summed E-state index contributed by atoms with van der Waals surface area (Å²) in [5.74, 6) is -0.688. The van der Waals surface area contributed by atoms with Crippen LogP contribution in [0.5, 0.6) is 5.75 Å². The summed E-state index contributed by atoms with van der Waals surface area (Å²) in [6, 6.07) is 2.06. The molecule has 0 aromatic heterocycles. The zero-order valence-corrected chi connectivity index (χ0v) is 10.2. The molecule has 0 amide bonds. The predicted octanol–water partition coefficient (Wildman–Crippen LogP) is 1.63. The van der Waals surface area contributed by atoms with Crippen LogP contribution < -0.4 is 9.88 Å². The zero-order valence-electron chi connectivity index (χ0n) is 7.83. The van der Waals surface area contributed by atoms with Gasteiger partial charge in [0.05, 0.1) is 11.1 Å². The van der Waals surface area contributed by atoms with E-state index in [-0.39, 0.29) is 5.75 Å². The maximum Gasteiger partial charge on any atom is 0.241 e. The van der Waals surface area contributed by atoms with E-state index in [1.54, 1.807) is 6.92 Å². The molecule has 0 spiro atoms. The van der Waals surface area contributed by atoms with E-state index >= 15 is 0 Å². The summed E-state index contributed by atoms with van der Waals surface area (Å²) >= 11 is 3.06. The highest BCUT2D eigenvalue weighted by Crippen LogP contribution is 2.29. The summed E-state index contributed by atoms with van der Waals surface area (Å²) in [5.41, 5.74) is 0. The largest absolute Gasteiger partial charge is 0.493 e. The highest BCUT2D eigenvalue weighted by molar-refractivity contribution is 9.10. The van der Waals surface area contributed by atoms with Gasteiger partial charge in [0.25, 0.3) is 0 Å². The molecule has 0 aliphatic heterocycles. The predicted molar refractivity (Wildman–Crippen MR) is 56.6 cm³/mol. The topological polar surface area (TPSA) is 69.4 Å². The molecule has 0 saturated carbocycles. The molecule has 1 aromatic rings. The van der Waals surface area contributed by atoms with Gasteiger partial charge in [-0.15, -0.1) is 0 Å². The lowest BCUT2D eigenvalue weighted by atomic mass is 10.3. The van der Waals surface area contributed by atoms with Crippen molar-refractivity contribution in [3.05, 3.63) is 22.4 Å². The van der Waals surface area contributed by atoms with Gasteiger partial charge in [-0.25, -0.2) is 17.9 Å². The third kappa shape index (κ3) is 2.90. The Kier molecular flexibility index (Phi) is 3.69. The lowest BCUT2D eigenvalue weighted by molar-refractivity contribution is 0.335. The number of nitrogens with two attached hydrogens (primary N) is 1. The van der Waals surface area contributed by atoms with Gasteiger partial charge >= 0.3 is 0 Å². The van der Waals surface area contributed by atoms with Crippen molar-refractivity contribution in [1.29, 1.82) is 0 Å². The Bertz CT molecular complexity index is 475. The van der Waals surface area contributed by atoms with Crippen molar-refractivity contribution >= 4 is 26.0 Å². The average Bonchev–Trinajstić information content (AvgIpc) is 2.09. The Morgan fingerprint density at radius 1 is 1.53 bits per heavy atom. The summed E-state index contributed by atoms with van der Waals surface area (Å²) < 4.78 is 40.6. The summed E-state index contributed by atoms with van der Waals surface area (Å²) in [5, 5.41) is 4.82. The molecule has 0 atom stereocenters. The summed E-state index contributed by atoms with van der Waals surface area (Å²) in [6.45, 7) is 2.09. The molecule has 0 aliphatic carbocycles. The number of ether oxygens (including phenoxy) is 1. The average molecular weight is 298 g/mol. The van der Waals surface area contributed by atoms with Gasteiger partial charge in [0.2, 0.25) is 10.0 Å². The molecule has 0 fully saturated rings. The second-order valence-electron chi connectivity index (χ2n) is 2.69. The van der Waals surface area contributed by atoms with Gasteiger partial charge < -0.3 is 4.74 Å². The first-order chi connectivity index (χ1) is 6.86. The molecular weight excluding hydrogens is 289 g/mol. The number of benzene rings is 1. The van der Waals surface area contributed by atoms with Gasteiger partial charge in [0.15, 0.2) is 0 Å². The van der Waals surface area contributed by atoms with Gasteiger partial charge in [-0.2, -0.15) is 0 Å². The maximum absolute atomic E-state index is 13.3. The van der Waals surface area contributed by atoms with Gasteiger partial charge in [-0.1, -0.05) is 0 Å². The molecule has 0 saturated heterocycles. The first kappa shape index (κ1) is 12.4. The van der Waals surface area contributed by atoms with E-state index in [0.29, 0.717) is 11.1 Å². The lowest BCUT2D eigenvalue weighted by Gasteiger charge is -2.08. The molecular formula is C8H9BrFNO3S. The highest BCUT2D eigenvalue weighted by Gasteiger charge is 2.17. The summed E-state index contributed by atoms with van der Waals surface area (Å²) in [4.78, 5) is -0.558. The fourth-order valence-electron chi connectivity index (χ4n) is 0.994. The summed E-state index contributed by atoms with van der Waals surface area (Å²) in [7, 11) is -4.05. The van der Waals surface area contributed by atoms with Crippen molar-refractivity contribution in [1.82, 2.24) is 0 Å². The second-order valence-corrected chi connectivity index (χ2v) is 5.08. The van der Waals surface area contributed by atoms with Crippen LogP contribution >= 0.6 is 15.9 Å². The molecule has 4 nitrogen and oxygen atoms in total. The van der Waals surface area contributed by atoms with E-state index in [0.717, 1.165) is 12.1 Å². The minimum absolute atomic E-state index is 0.238. The Morgan fingerprint density at radius 3 is 2.60 bits per heavy atom. The molecule has 0 heterocycles. The second kappa shape index (κ2) is 4.46. The minimum Gasteiger partial charge on any atom is -0.493 e. The number of sulfonamides is 1. The van der Waals surface area contributed by atoms with E-state index < -0.39 is 20.7 Å². The fraction of sp³-hybridized carbons (Fsp3) is 0.250. The minimum atomic E-state index is -4.05. The molecule has 1 rings (SSSR count). The quantitative estimate of drug-likeness (QED) is 0.922. The van der Waals surface area contributed by atoms with Crippen LogP contribution in [0.15, 0.2) is 21.5 Å². The standard InChI is InChI=1S/C8H9BrFNO3S/c1-2-14-7-4-6(10)8(3-5(7)9)15(11,12)13/h3-4H,2H2,1H3,(H2,11,12,13). The van der Waals surface area contributed by atoms with Crippen molar-refractivity contribution in [2.75, 3.05) is 6.61 Å². The molecule has 15 heavy (non-hydrogen) atoms. The van der Waals surface area contributed by atoms with Crippen LogP contribution in [0, 0.1) is 5.82 Å². The van der Waals surface area contributed by atoms with Crippen LogP contribution in [-0.2, 0) is 10.0 Å². The number of primary sulfonamides is 1. The first-order valence-electron chi connectivity index (χ1n) is 4.01. The first-order valence-corrected chi connectivity index (χ1v) is 6.35. The van der Waals surface area contributed by atoms with Crippen molar-refractivity contribution < 1.29 is 17.5 Å². The van der Waals surface area contributed by atoms with Crippen LogP contribution in [0.4, 0.5) is 4.39 Å².